The fraction of sp³-hybridized carbons (Fsp3) is 0.611. The molecular weight excluding hydrogens is 306 g/mol. The van der Waals surface area contributed by atoms with E-state index in [1.54, 1.807) is 7.11 Å². The Balaban J connectivity index is 1.78. The van der Waals surface area contributed by atoms with Crippen molar-refractivity contribution in [1.82, 2.24) is 10.2 Å². The number of nitrogens with one attached hydrogen (secondary N) is 2. The maximum absolute atomic E-state index is 12.4. The Kier molecular flexibility index (Phi) is 7.34. The minimum atomic E-state index is -0.0261. The van der Waals surface area contributed by atoms with Crippen LogP contribution in [0, 0.1) is 0 Å². The zero-order valence-electron chi connectivity index (χ0n) is 14.9. The molecular formula is C18H29N3O3. The highest BCUT2D eigenvalue weighted by atomic mass is 16.5. The molecule has 0 saturated carbocycles. The summed E-state index contributed by atoms with van der Waals surface area (Å²) in [5.74, 6) is 0. The molecule has 1 aliphatic rings. The maximum atomic E-state index is 12.4. The van der Waals surface area contributed by atoms with Crippen molar-refractivity contribution in [3.63, 3.8) is 0 Å². The topological polar surface area (TPSA) is 62.8 Å². The third kappa shape index (κ3) is 6.02. The van der Waals surface area contributed by atoms with E-state index in [9.17, 15) is 4.79 Å². The van der Waals surface area contributed by atoms with E-state index in [0.29, 0.717) is 19.7 Å². The molecule has 0 bridgehead atoms. The predicted octanol–water partition coefficient (Wildman–Crippen LogP) is 2.45. The molecule has 1 saturated heterocycles. The maximum Gasteiger partial charge on any atom is 0.317 e. The van der Waals surface area contributed by atoms with E-state index in [1.165, 1.54) is 0 Å². The van der Waals surface area contributed by atoms with Gasteiger partial charge in [0.05, 0.1) is 18.8 Å². The van der Waals surface area contributed by atoms with Crippen LogP contribution in [0.25, 0.3) is 0 Å². The SMILES string of the molecule is COCCNc1ccc(CNC(=O)N2CC[C@@H](C)O[C@@H](C)C2)cc1. The van der Waals surface area contributed by atoms with Crippen LogP contribution < -0.4 is 10.6 Å². The Bertz CT molecular complexity index is 507. The van der Waals surface area contributed by atoms with Crippen LogP contribution in [0.15, 0.2) is 24.3 Å². The lowest BCUT2D eigenvalue weighted by Crippen LogP contribution is -2.42. The highest BCUT2D eigenvalue weighted by Gasteiger charge is 2.22. The molecule has 1 aromatic rings. The first-order chi connectivity index (χ1) is 11.6. The van der Waals surface area contributed by atoms with Gasteiger partial charge in [-0.2, -0.15) is 0 Å². The van der Waals surface area contributed by atoms with E-state index in [1.807, 2.05) is 36.1 Å². The molecule has 0 unspecified atom stereocenters. The Hall–Kier alpha value is -1.79. The smallest absolute Gasteiger partial charge is 0.317 e. The van der Waals surface area contributed by atoms with Crippen molar-refractivity contribution >= 4 is 11.7 Å². The van der Waals surface area contributed by atoms with Gasteiger partial charge in [0.25, 0.3) is 0 Å². The zero-order valence-corrected chi connectivity index (χ0v) is 14.9. The largest absolute Gasteiger partial charge is 0.383 e. The van der Waals surface area contributed by atoms with Crippen molar-refractivity contribution in [3.8, 4) is 0 Å². The second-order valence-corrected chi connectivity index (χ2v) is 6.27. The number of urea groups is 1. The van der Waals surface area contributed by atoms with Gasteiger partial charge in [-0.15, -0.1) is 0 Å². The zero-order chi connectivity index (χ0) is 17.4. The quantitative estimate of drug-likeness (QED) is 0.784. The molecule has 0 spiro atoms. The lowest BCUT2D eigenvalue weighted by atomic mass is 10.2. The Morgan fingerprint density at radius 3 is 2.75 bits per heavy atom. The first-order valence-corrected chi connectivity index (χ1v) is 8.58. The number of methoxy groups -OCH3 is 1. The van der Waals surface area contributed by atoms with E-state index in [-0.39, 0.29) is 18.2 Å². The highest BCUT2D eigenvalue weighted by molar-refractivity contribution is 5.74. The minimum absolute atomic E-state index is 0.0261. The molecule has 2 atom stereocenters. The van der Waals surface area contributed by atoms with Gasteiger partial charge in [0.1, 0.15) is 0 Å². The summed E-state index contributed by atoms with van der Waals surface area (Å²) in [4.78, 5) is 14.2. The summed E-state index contributed by atoms with van der Waals surface area (Å²) in [6, 6.07) is 8.04. The molecule has 2 rings (SSSR count). The Morgan fingerprint density at radius 1 is 1.29 bits per heavy atom. The van der Waals surface area contributed by atoms with E-state index in [0.717, 1.165) is 30.8 Å². The van der Waals surface area contributed by atoms with Gasteiger partial charge in [-0.25, -0.2) is 4.79 Å². The van der Waals surface area contributed by atoms with Crippen molar-refractivity contribution in [2.45, 2.75) is 39.0 Å². The Labute approximate surface area is 144 Å². The minimum Gasteiger partial charge on any atom is -0.383 e. The van der Waals surface area contributed by atoms with Crippen molar-refractivity contribution < 1.29 is 14.3 Å². The first-order valence-electron chi connectivity index (χ1n) is 8.58. The summed E-state index contributed by atoms with van der Waals surface area (Å²) in [5.41, 5.74) is 2.13. The second-order valence-electron chi connectivity index (χ2n) is 6.27. The van der Waals surface area contributed by atoms with E-state index >= 15 is 0 Å². The number of nitrogens with zero attached hydrogens (tertiary/aromatic N) is 1. The third-order valence-electron chi connectivity index (χ3n) is 4.07. The number of carbonyl (C=O) groups excluding carboxylic acids is 1. The molecule has 1 aliphatic heterocycles. The molecule has 6 nitrogen and oxygen atoms in total. The summed E-state index contributed by atoms with van der Waals surface area (Å²) in [5, 5.41) is 6.27. The molecule has 2 amide bonds. The molecule has 1 aromatic carbocycles. The van der Waals surface area contributed by atoms with Gasteiger partial charge >= 0.3 is 6.03 Å². The lowest BCUT2D eigenvalue weighted by molar-refractivity contribution is 0.0160. The van der Waals surface area contributed by atoms with E-state index in [4.69, 9.17) is 9.47 Å². The monoisotopic (exact) mass is 335 g/mol. The van der Waals surface area contributed by atoms with Crippen LogP contribution in [0.1, 0.15) is 25.8 Å². The summed E-state index contributed by atoms with van der Waals surface area (Å²) in [7, 11) is 1.69. The average molecular weight is 335 g/mol. The van der Waals surface area contributed by atoms with Gasteiger partial charge < -0.3 is 25.0 Å². The lowest BCUT2D eigenvalue weighted by Gasteiger charge is -2.22. The molecule has 1 fully saturated rings. The number of hydrogen-bond acceptors (Lipinski definition) is 4. The molecule has 1 heterocycles. The Morgan fingerprint density at radius 2 is 2.04 bits per heavy atom. The number of amides is 2. The first kappa shape index (κ1) is 18.5. The molecule has 134 valence electrons. The van der Waals surface area contributed by atoms with Crippen LogP contribution in [0.4, 0.5) is 10.5 Å². The van der Waals surface area contributed by atoms with Gasteiger partial charge in [0.2, 0.25) is 0 Å². The van der Waals surface area contributed by atoms with Crippen LogP contribution in [0.3, 0.4) is 0 Å². The molecule has 0 aliphatic carbocycles. The standard InChI is InChI=1S/C18H29N3O3/c1-14-8-10-21(13-15(2)24-14)18(22)20-12-16-4-6-17(7-5-16)19-9-11-23-3/h4-7,14-15,19H,8-13H2,1-3H3,(H,20,22)/t14-,15+/m1/s1. The molecule has 6 heteroatoms. The summed E-state index contributed by atoms with van der Waals surface area (Å²) < 4.78 is 10.8. The number of rotatable bonds is 6. The number of anilines is 1. The van der Waals surface area contributed by atoms with E-state index < -0.39 is 0 Å². The average Bonchev–Trinajstić information content (AvgIpc) is 2.74. The van der Waals surface area contributed by atoms with Crippen LogP contribution in [0.5, 0.6) is 0 Å². The molecule has 0 radical (unpaired) electrons. The van der Waals surface area contributed by atoms with Crippen LogP contribution in [-0.2, 0) is 16.0 Å². The van der Waals surface area contributed by atoms with Crippen LogP contribution in [-0.4, -0.2) is 56.5 Å². The van der Waals surface area contributed by atoms with Gasteiger partial charge in [0, 0.05) is 39.0 Å². The number of hydrogen-bond donors (Lipinski definition) is 2. The van der Waals surface area contributed by atoms with Crippen LogP contribution in [0.2, 0.25) is 0 Å². The number of carbonyl (C=O) groups is 1. The van der Waals surface area contributed by atoms with Crippen LogP contribution >= 0.6 is 0 Å². The predicted molar refractivity (Wildman–Crippen MR) is 95.2 cm³/mol. The van der Waals surface area contributed by atoms with Gasteiger partial charge in [-0.05, 0) is 38.0 Å². The third-order valence-corrected chi connectivity index (χ3v) is 4.07. The van der Waals surface area contributed by atoms with Gasteiger partial charge in [-0.3, -0.25) is 0 Å². The van der Waals surface area contributed by atoms with Crippen molar-refractivity contribution in [2.24, 2.45) is 0 Å². The van der Waals surface area contributed by atoms with E-state index in [2.05, 4.69) is 17.6 Å². The van der Waals surface area contributed by atoms with Gasteiger partial charge in [-0.1, -0.05) is 12.1 Å². The van der Waals surface area contributed by atoms with Crippen molar-refractivity contribution in [3.05, 3.63) is 29.8 Å². The summed E-state index contributed by atoms with van der Waals surface area (Å²) >= 11 is 0. The molecule has 2 N–H and O–H groups in total. The fourth-order valence-electron chi connectivity index (χ4n) is 2.76. The highest BCUT2D eigenvalue weighted by Crippen LogP contribution is 2.12. The van der Waals surface area contributed by atoms with Crippen molar-refractivity contribution in [1.29, 1.82) is 0 Å². The number of ether oxygens (including phenoxy) is 2. The van der Waals surface area contributed by atoms with Gasteiger partial charge in [0.15, 0.2) is 0 Å². The summed E-state index contributed by atoms with van der Waals surface area (Å²) in [6.45, 7) is 7.42. The second kappa shape index (κ2) is 9.49. The number of benzene rings is 1. The summed E-state index contributed by atoms with van der Waals surface area (Å²) in [6.07, 6.45) is 1.15. The molecule has 0 aromatic heterocycles. The van der Waals surface area contributed by atoms with Crippen molar-refractivity contribution in [2.75, 3.05) is 38.7 Å². The normalized spacial score (nSPS) is 21.2. The fourth-order valence-corrected chi connectivity index (χ4v) is 2.76. The molecule has 24 heavy (non-hydrogen) atoms.